The molecule has 0 aliphatic rings. The van der Waals surface area contributed by atoms with Gasteiger partial charge in [0.25, 0.3) is 0 Å². The minimum Gasteiger partial charge on any atom is -0.460 e. The molecule has 0 aliphatic heterocycles. The van der Waals surface area contributed by atoms with Gasteiger partial charge in [-0.25, -0.2) is 4.79 Å². The van der Waals surface area contributed by atoms with Gasteiger partial charge in [0, 0.05) is 12.3 Å². The molecule has 0 bridgehead atoms. The van der Waals surface area contributed by atoms with E-state index in [1.54, 1.807) is 31.2 Å². The number of hydrogen-bond acceptors (Lipinski definition) is 4. The van der Waals surface area contributed by atoms with Gasteiger partial charge >= 0.3 is 5.97 Å². The second-order valence-electron chi connectivity index (χ2n) is 3.70. The zero-order valence-corrected chi connectivity index (χ0v) is 10.1. The van der Waals surface area contributed by atoms with Crippen LogP contribution in [0.2, 0.25) is 0 Å². The summed E-state index contributed by atoms with van der Waals surface area (Å²) >= 11 is 0. The van der Waals surface area contributed by atoms with Gasteiger partial charge in [-0.15, -0.1) is 0 Å². The maximum Gasteiger partial charge on any atom is 0.376 e. The average Bonchev–Trinajstić information content (AvgIpc) is 2.68. The molecule has 0 unspecified atom stereocenters. The van der Waals surface area contributed by atoms with Gasteiger partial charge in [0.2, 0.25) is 11.7 Å². The van der Waals surface area contributed by atoms with Gasteiger partial charge in [0.05, 0.1) is 6.61 Å². The van der Waals surface area contributed by atoms with Crippen molar-refractivity contribution in [2.75, 3.05) is 11.9 Å². The second kappa shape index (κ2) is 4.91. The fourth-order valence-electron chi connectivity index (χ4n) is 1.69. The largest absolute Gasteiger partial charge is 0.460 e. The Morgan fingerprint density at radius 1 is 1.33 bits per heavy atom. The monoisotopic (exact) mass is 247 g/mol. The number of ether oxygens (including phenoxy) is 1. The summed E-state index contributed by atoms with van der Waals surface area (Å²) in [6.45, 7) is 3.32. The molecule has 1 heterocycles. The van der Waals surface area contributed by atoms with Crippen LogP contribution in [0.25, 0.3) is 11.0 Å². The molecule has 0 fully saturated rings. The summed E-state index contributed by atoms with van der Waals surface area (Å²) in [7, 11) is 0. The van der Waals surface area contributed by atoms with Crippen molar-refractivity contribution in [3.63, 3.8) is 0 Å². The number of esters is 1. The van der Waals surface area contributed by atoms with E-state index < -0.39 is 5.97 Å². The summed E-state index contributed by atoms with van der Waals surface area (Å²) in [4.78, 5) is 22.9. The van der Waals surface area contributed by atoms with E-state index in [9.17, 15) is 9.59 Å². The molecule has 5 nitrogen and oxygen atoms in total. The molecule has 0 spiro atoms. The second-order valence-corrected chi connectivity index (χ2v) is 3.70. The molecule has 0 aliphatic carbocycles. The Bertz CT molecular complexity index is 600. The fourth-order valence-corrected chi connectivity index (χ4v) is 1.69. The highest BCUT2D eigenvalue weighted by atomic mass is 16.5. The number of carbonyl (C=O) groups excluding carboxylic acids is 2. The molecule has 1 amide bonds. The van der Waals surface area contributed by atoms with Crippen molar-refractivity contribution in [1.82, 2.24) is 0 Å². The lowest BCUT2D eigenvalue weighted by Crippen LogP contribution is -2.11. The molecule has 0 radical (unpaired) electrons. The number of para-hydroxylation sites is 1. The molecule has 0 saturated carbocycles. The van der Waals surface area contributed by atoms with Crippen molar-refractivity contribution in [2.24, 2.45) is 0 Å². The highest BCUT2D eigenvalue weighted by Gasteiger charge is 2.22. The van der Waals surface area contributed by atoms with Crippen LogP contribution in [0.5, 0.6) is 0 Å². The molecule has 5 heteroatoms. The van der Waals surface area contributed by atoms with Gasteiger partial charge < -0.3 is 14.5 Å². The Kier molecular flexibility index (Phi) is 3.32. The van der Waals surface area contributed by atoms with Crippen LogP contribution >= 0.6 is 0 Å². The smallest absolute Gasteiger partial charge is 0.376 e. The first-order chi connectivity index (χ1) is 8.63. The first kappa shape index (κ1) is 12.2. The fraction of sp³-hybridized carbons (Fsp3) is 0.231. The Hall–Kier alpha value is -2.30. The number of fused-ring (bicyclic) bond motifs is 1. The van der Waals surface area contributed by atoms with Crippen molar-refractivity contribution < 1.29 is 18.7 Å². The predicted molar refractivity (Wildman–Crippen MR) is 66.5 cm³/mol. The van der Waals surface area contributed by atoms with Gasteiger partial charge in [-0.05, 0) is 19.1 Å². The lowest BCUT2D eigenvalue weighted by Gasteiger charge is -2.02. The molecule has 0 atom stereocenters. The highest BCUT2D eigenvalue weighted by molar-refractivity contribution is 6.09. The van der Waals surface area contributed by atoms with E-state index in [0.717, 1.165) is 0 Å². The van der Waals surface area contributed by atoms with E-state index in [0.29, 0.717) is 16.7 Å². The minimum atomic E-state index is -0.586. The van der Waals surface area contributed by atoms with Crippen molar-refractivity contribution in [2.45, 2.75) is 13.8 Å². The molecule has 18 heavy (non-hydrogen) atoms. The summed E-state index contributed by atoms with van der Waals surface area (Å²) in [5, 5.41) is 3.28. The van der Waals surface area contributed by atoms with Crippen LogP contribution in [-0.2, 0) is 9.53 Å². The van der Waals surface area contributed by atoms with Gasteiger partial charge in [0.1, 0.15) is 11.3 Å². The van der Waals surface area contributed by atoms with Crippen LogP contribution in [0.4, 0.5) is 5.69 Å². The van der Waals surface area contributed by atoms with E-state index >= 15 is 0 Å². The number of hydrogen-bond donors (Lipinski definition) is 1. The van der Waals surface area contributed by atoms with Crippen molar-refractivity contribution >= 4 is 28.5 Å². The minimum absolute atomic E-state index is 0.0215. The molecule has 1 aromatic carbocycles. The maximum atomic E-state index is 11.7. The normalized spacial score (nSPS) is 10.3. The third-order valence-corrected chi connectivity index (χ3v) is 2.36. The van der Waals surface area contributed by atoms with Crippen LogP contribution in [0.1, 0.15) is 24.4 Å². The zero-order chi connectivity index (χ0) is 13.1. The van der Waals surface area contributed by atoms with E-state index in [4.69, 9.17) is 9.15 Å². The Morgan fingerprint density at radius 3 is 2.72 bits per heavy atom. The number of nitrogens with one attached hydrogen (secondary N) is 1. The van der Waals surface area contributed by atoms with Crippen LogP contribution in [0.15, 0.2) is 28.7 Å². The highest BCUT2D eigenvalue weighted by Crippen LogP contribution is 2.31. The third-order valence-electron chi connectivity index (χ3n) is 2.36. The van der Waals surface area contributed by atoms with Gasteiger partial charge in [-0.3, -0.25) is 4.79 Å². The molecule has 2 aromatic rings. The summed E-state index contributed by atoms with van der Waals surface area (Å²) < 4.78 is 10.3. The number of amides is 1. The lowest BCUT2D eigenvalue weighted by molar-refractivity contribution is -0.114. The van der Waals surface area contributed by atoms with E-state index in [-0.39, 0.29) is 18.3 Å². The van der Waals surface area contributed by atoms with Crippen molar-refractivity contribution in [3.8, 4) is 0 Å². The molecular weight excluding hydrogens is 234 g/mol. The standard InChI is InChI=1S/C13H13NO4/c1-3-17-13(16)12-11(14-8(2)15)9-6-4-5-7-10(9)18-12/h4-7H,3H2,1-2H3,(H,14,15). The number of carbonyl (C=O) groups is 2. The van der Waals surface area contributed by atoms with Gasteiger partial charge in [0.15, 0.2) is 0 Å². The van der Waals surface area contributed by atoms with Crippen LogP contribution in [0, 0.1) is 0 Å². The Balaban J connectivity index is 2.56. The number of benzene rings is 1. The van der Waals surface area contributed by atoms with E-state index in [2.05, 4.69) is 5.32 Å². The first-order valence-corrected chi connectivity index (χ1v) is 5.59. The topological polar surface area (TPSA) is 68.5 Å². The van der Waals surface area contributed by atoms with Crippen molar-refractivity contribution in [3.05, 3.63) is 30.0 Å². The van der Waals surface area contributed by atoms with E-state index in [1.807, 2.05) is 0 Å². The molecule has 1 aromatic heterocycles. The molecule has 94 valence electrons. The average molecular weight is 247 g/mol. The van der Waals surface area contributed by atoms with Gasteiger partial charge in [-0.1, -0.05) is 12.1 Å². The third kappa shape index (κ3) is 2.20. The first-order valence-electron chi connectivity index (χ1n) is 5.59. The predicted octanol–water partition coefficient (Wildman–Crippen LogP) is 2.57. The lowest BCUT2D eigenvalue weighted by atomic mass is 10.2. The number of rotatable bonds is 3. The summed E-state index contributed by atoms with van der Waals surface area (Å²) in [5.74, 6) is -0.835. The van der Waals surface area contributed by atoms with Crippen LogP contribution in [-0.4, -0.2) is 18.5 Å². The molecule has 0 saturated heterocycles. The quantitative estimate of drug-likeness (QED) is 0.846. The Labute approximate surface area is 104 Å². The van der Waals surface area contributed by atoms with Crippen molar-refractivity contribution in [1.29, 1.82) is 0 Å². The number of anilines is 1. The zero-order valence-electron chi connectivity index (χ0n) is 10.1. The summed E-state index contributed by atoms with van der Waals surface area (Å²) in [6.07, 6.45) is 0. The summed E-state index contributed by atoms with van der Waals surface area (Å²) in [6, 6.07) is 7.09. The SMILES string of the molecule is CCOC(=O)c1oc2ccccc2c1NC(C)=O. The van der Waals surface area contributed by atoms with E-state index in [1.165, 1.54) is 6.92 Å². The summed E-state index contributed by atoms with van der Waals surface area (Å²) in [5.41, 5.74) is 0.890. The Morgan fingerprint density at radius 2 is 2.06 bits per heavy atom. The molecular formula is C13H13NO4. The van der Waals surface area contributed by atoms with Crippen LogP contribution < -0.4 is 5.32 Å². The maximum absolute atomic E-state index is 11.7. The number of furan rings is 1. The van der Waals surface area contributed by atoms with Crippen LogP contribution in [0.3, 0.4) is 0 Å². The molecule has 2 rings (SSSR count). The van der Waals surface area contributed by atoms with Gasteiger partial charge in [-0.2, -0.15) is 0 Å². The molecule has 1 N–H and O–H groups in total.